The molecule has 0 atom stereocenters. The fourth-order valence-electron chi connectivity index (χ4n) is 5.04. The summed E-state index contributed by atoms with van der Waals surface area (Å²) in [6.07, 6.45) is 0.748. The summed E-state index contributed by atoms with van der Waals surface area (Å²) in [4.78, 5) is 53.2. The van der Waals surface area contributed by atoms with Gasteiger partial charge in [0.1, 0.15) is 23.1 Å². The van der Waals surface area contributed by atoms with Crippen molar-refractivity contribution in [1.29, 1.82) is 0 Å². The summed E-state index contributed by atoms with van der Waals surface area (Å²) >= 11 is 0. The maximum Gasteiger partial charge on any atom is 0.331 e. The van der Waals surface area contributed by atoms with E-state index in [0.29, 0.717) is 21.4 Å². The zero-order chi connectivity index (χ0) is 29.6. The van der Waals surface area contributed by atoms with E-state index >= 15 is 0 Å². The molecule has 0 N–H and O–H groups in total. The Labute approximate surface area is 232 Å². The molecule has 3 aromatic carbocycles. The van der Waals surface area contributed by atoms with Crippen LogP contribution < -0.4 is 25.5 Å². The number of ketones is 2. The van der Waals surface area contributed by atoms with E-state index in [1.807, 2.05) is 0 Å². The topological polar surface area (TPSA) is 106 Å². The van der Waals surface area contributed by atoms with Crippen LogP contribution in [0.4, 0.5) is 8.78 Å². The van der Waals surface area contributed by atoms with Crippen molar-refractivity contribution in [1.82, 2.24) is 9.13 Å². The summed E-state index contributed by atoms with van der Waals surface area (Å²) in [5, 5.41) is 0. The lowest BCUT2D eigenvalue weighted by atomic mass is 9.80. The average molecular weight is 563 g/mol. The summed E-state index contributed by atoms with van der Waals surface area (Å²) < 4.78 is 46.8. The Bertz CT molecular complexity index is 1870. The Morgan fingerprint density at radius 1 is 0.780 bits per heavy atom. The molecule has 11 heteroatoms. The van der Waals surface area contributed by atoms with E-state index in [1.165, 1.54) is 63.8 Å². The number of carbonyl (C=O) groups is 2. The Morgan fingerprint density at radius 3 is 2.15 bits per heavy atom. The Balaban J connectivity index is 1.66. The number of aromatic nitrogens is 2. The molecule has 0 fully saturated rings. The highest BCUT2D eigenvalue weighted by Gasteiger charge is 2.37. The highest BCUT2D eigenvalue weighted by atomic mass is 19.1. The van der Waals surface area contributed by atoms with Crippen LogP contribution in [-0.2, 0) is 13.1 Å². The third-order valence-corrected chi connectivity index (χ3v) is 7.10. The first-order valence-electron chi connectivity index (χ1n) is 12.4. The van der Waals surface area contributed by atoms with Crippen LogP contribution in [0.25, 0.3) is 0 Å². The van der Waals surface area contributed by atoms with Crippen LogP contribution in [0.15, 0.2) is 58.3 Å². The lowest BCUT2D eigenvalue weighted by Crippen LogP contribution is -2.41. The van der Waals surface area contributed by atoms with Crippen molar-refractivity contribution in [2.75, 3.05) is 21.3 Å². The Kier molecular flexibility index (Phi) is 7.04. The standard InChI is InChI=1S/C30H24F2N2O7/c1-15-9-18-25(27(36)24-19(26(18)35)10-17(39-2)11-23(24)40-3)28(41-4)20(15)13-33-14-22(32)29(37)34(30(33)38)12-16-7-5-6-8-21(16)31/h5-11,14H,12-13H2,1-4H3. The average Bonchev–Trinajstić information content (AvgIpc) is 2.97. The van der Waals surface area contributed by atoms with Crippen molar-refractivity contribution < 1.29 is 32.6 Å². The highest BCUT2D eigenvalue weighted by molar-refractivity contribution is 6.30. The molecule has 0 amide bonds. The second kappa shape index (κ2) is 10.5. The summed E-state index contributed by atoms with van der Waals surface area (Å²) in [6.45, 7) is 0.841. The van der Waals surface area contributed by atoms with Crippen molar-refractivity contribution in [2.24, 2.45) is 0 Å². The van der Waals surface area contributed by atoms with Gasteiger partial charge in [-0.05, 0) is 30.7 Å². The molecular weight excluding hydrogens is 538 g/mol. The molecule has 0 aliphatic heterocycles. The number of benzene rings is 3. The quantitative estimate of drug-likeness (QED) is 0.299. The normalized spacial score (nSPS) is 12.1. The smallest absolute Gasteiger partial charge is 0.331 e. The molecule has 1 aliphatic carbocycles. The van der Waals surface area contributed by atoms with Gasteiger partial charge < -0.3 is 14.2 Å². The first kappa shape index (κ1) is 27.5. The van der Waals surface area contributed by atoms with Gasteiger partial charge in [-0.3, -0.25) is 23.5 Å². The molecule has 0 radical (unpaired) electrons. The summed E-state index contributed by atoms with van der Waals surface area (Å²) in [5.74, 6) is -2.41. The first-order valence-corrected chi connectivity index (χ1v) is 12.4. The molecule has 0 unspecified atom stereocenters. The molecule has 210 valence electrons. The van der Waals surface area contributed by atoms with Crippen LogP contribution >= 0.6 is 0 Å². The number of fused-ring (bicyclic) bond motifs is 2. The predicted molar refractivity (Wildman–Crippen MR) is 144 cm³/mol. The van der Waals surface area contributed by atoms with Gasteiger partial charge in [0.05, 0.1) is 51.7 Å². The van der Waals surface area contributed by atoms with Gasteiger partial charge in [0.25, 0.3) is 5.56 Å². The number of ether oxygens (including phenoxy) is 3. The number of methoxy groups -OCH3 is 3. The van der Waals surface area contributed by atoms with Crippen molar-refractivity contribution in [3.8, 4) is 17.2 Å². The molecule has 0 bridgehead atoms. The zero-order valence-electron chi connectivity index (χ0n) is 22.5. The van der Waals surface area contributed by atoms with Gasteiger partial charge >= 0.3 is 5.69 Å². The fourth-order valence-corrected chi connectivity index (χ4v) is 5.04. The molecular formula is C30H24F2N2O7. The molecule has 0 spiro atoms. The van der Waals surface area contributed by atoms with Crippen molar-refractivity contribution in [2.45, 2.75) is 20.0 Å². The molecule has 1 heterocycles. The van der Waals surface area contributed by atoms with Gasteiger partial charge in [-0.25, -0.2) is 9.18 Å². The number of halogens is 2. The SMILES string of the molecule is COc1cc(OC)c2c(c1)C(=O)c1cc(C)c(Cn3cc(F)c(=O)n(Cc4ccccc4F)c3=O)c(OC)c1C2=O. The van der Waals surface area contributed by atoms with E-state index < -0.39 is 41.0 Å². The summed E-state index contributed by atoms with van der Waals surface area (Å²) in [6, 6.07) is 9.98. The molecule has 41 heavy (non-hydrogen) atoms. The van der Waals surface area contributed by atoms with Crippen LogP contribution in [0.2, 0.25) is 0 Å². The minimum absolute atomic E-state index is 0.0148. The number of rotatable bonds is 7. The monoisotopic (exact) mass is 562 g/mol. The third-order valence-electron chi connectivity index (χ3n) is 7.10. The van der Waals surface area contributed by atoms with Crippen LogP contribution in [0.1, 0.15) is 48.5 Å². The molecule has 0 saturated heterocycles. The fraction of sp³-hybridized carbons (Fsp3) is 0.200. The van der Waals surface area contributed by atoms with E-state index in [9.17, 15) is 28.0 Å². The van der Waals surface area contributed by atoms with E-state index in [2.05, 4.69) is 0 Å². The number of hydrogen-bond donors (Lipinski definition) is 0. The van der Waals surface area contributed by atoms with Crippen molar-refractivity contribution >= 4 is 11.6 Å². The zero-order valence-corrected chi connectivity index (χ0v) is 22.5. The van der Waals surface area contributed by atoms with E-state index in [1.54, 1.807) is 6.92 Å². The van der Waals surface area contributed by atoms with E-state index in [-0.39, 0.29) is 45.9 Å². The minimum atomic E-state index is -1.23. The number of hydrogen-bond acceptors (Lipinski definition) is 7. The van der Waals surface area contributed by atoms with Gasteiger partial charge in [0.2, 0.25) is 11.6 Å². The molecule has 9 nitrogen and oxygen atoms in total. The van der Waals surface area contributed by atoms with Gasteiger partial charge in [0.15, 0.2) is 5.78 Å². The summed E-state index contributed by atoms with van der Waals surface area (Å²) in [5.41, 5.74) is -1.13. The number of aryl methyl sites for hydroxylation is 1. The predicted octanol–water partition coefficient (Wildman–Crippen LogP) is 3.49. The van der Waals surface area contributed by atoms with Crippen LogP contribution in [0.5, 0.6) is 17.2 Å². The van der Waals surface area contributed by atoms with Crippen LogP contribution in [0.3, 0.4) is 0 Å². The number of nitrogens with zero attached hydrogens (tertiary/aromatic N) is 2. The second-order valence-corrected chi connectivity index (χ2v) is 9.41. The lowest BCUT2D eigenvalue weighted by molar-refractivity contribution is 0.0973. The Hall–Kier alpha value is -5.06. The molecule has 1 aromatic heterocycles. The van der Waals surface area contributed by atoms with E-state index in [0.717, 1.165) is 10.8 Å². The largest absolute Gasteiger partial charge is 0.497 e. The Morgan fingerprint density at radius 2 is 1.49 bits per heavy atom. The number of carbonyl (C=O) groups excluding carboxylic acids is 2. The molecule has 4 aromatic rings. The third kappa shape index (κ3) is 4.48. The van der Waals surface area contributed by atoms with Gasteiger partial charge in [-0.2, -0.15) is 4.39 Å². The van der Waals surface area contributed by atoms with Crippen LogP contribution in [0, 0.1) is 18.6 Å². The maximum atomic E-state index is 14.8. The molecule has 5 rings (SSSR count). The van der Waals surface area contributed by atoms with Gasteiger partial charge in [-0.15, -0.1) is 0 Å². The van der Waals surface area contributed by atoms with Gasteiger partial charge in [-0.1, -0.05) is 18.2 Å². The molecule has 0 saturated carbocycles. The highest BCUT2D eigenvalue weighted by Crippen LogP contribution is 2.42. The maximum absolute atomic E-state index is 14.8. The summed E-state index contributed by atoms with van der Waals surface area (Å²) in [7, 11) is 4.09. The van der Waals surface area contributed by atoms with Crippen molar-refractivity contribution in [3.63, 3.8) is 0 Å². The second-order valence-electron chi connectivity index (χ2n) is 9.41. The lowest BCUT2D eigenvalue weighted by Gasteiger charge is -2.25. The van der Waals surface area contributed by atoms with E-state index in [4.69, 9.17) is 14.2 Å². The first-order chi connectivity index (χ1) is 19.6. The minimum Gasteiger partial charge on any atom is -0.497 e. The van der Waals surface area contributed by atoms with Gasteiger partial charge in [0, 0.05) is 28.3 Å². The van der Waals surface area contributed by atoms with Crippen molar-refractivity contribution in [3.05, 3.63) is 120 Å². The molecule has 1 aliphatic rings. The van der Waals surface area contributed by atoms with Crippen LogP contribution in [-0.4, -0.2) is 42.0 Å².